The molecular formula is C26H32N2O5. The second kappa shape index (κ2) is 8.50. The summed E-state index contributed by atoms with van der Waals surface area (Å²) < 4.78 is 11.4. The van der Waals surface area contributed by atoms with Crippen molar-refractivity contribution in [1.82, 2.24) is 5.32 Å². The van der Waals surface area contributed by atoms with Crippen molar-refractivity contribution in [2.75, 3.05) is 0 Å². The number of carbonyl (C=O) groups is 1. The molecule has 4 saturated carbocycles. The van der Waals surface area contributed by atoms with Gasteiger partial charge in [-0.25, -0.2) is 0 Å². The van der Waals surface area contributed by atoms with Crippen LogP contribution in [-0.4, -0.2) is 16.9 Å². The highest BCUT2D eigenvalue weighted by atomic mass is 16.6. The van der Waals surface area contributed by atoms with Gasteiger partial charge in [-0.15, -0.1) is 0 Å². The van der Waals surface area contributed by atoms with Crippen LogP contribution in [0.3, 0.4) is 0 Å². The molecule has 1 amide bonds. The van der Waals surface area contributed by atoms with Crippen LogP contribution in [0.2, 0.25) is 0 Å². The monoisotopic (exact) mass is 452 g/mol. The van der Waals surface area contributed by atoms with Gasteiger partial charge in [0.15, 0.2) is 11.5 Å². The van der Waals surface area contributed by atoms with Crippen LogP contribution < -0.4 is 10.1 Å². The first kappa shape index (κ1) is 22.0. The molecule has 0 radical (unpaired) electrons. The van der Waals surface area contributed by atoms with Crippen LogP contribution in [-0.2, 0) is 6.61 Å². The second-order valence-electron chi connectivity index (χ2n) is 10.5. The van der Waals surface area contributed by atoms with Gasteiger partial charge in [0.2, 0.25) is 0 Å². The molecular weight excluding hydrogens is 420 g/mol. The minimum absolute atomic E-state index is 0.0172. The van der Waals surface area contributed by atoms with Gasteiger partial charge < -0.3 is 14.5 Å². The fraction of sp³-hybridized carbons (Fsp3) is 0.577. The maximum absolute atomic E-state index is 13.0. The number of hydrogen-bond acceptors (Lipinski definition) is 5. The minimum Gasteiger partial charge on any atom is -0.479 e. The lowest BCUT2D eigenvalue weighted by Crippen LogP contribution is -2.56. The number of nitrogens with zero attached hydrogens (tertiary/aromatic N) is 1. The summed E-state index contributed by atoms with van der Waals surface area (Å²) in [6.07, 6.45) is 8.78. The number of nitro benzene ring substituents is 1. The molecule has 176 valence electrons. The summed E-state index contributed by atoms with van der Waals surface area (Å²) in [6, 6.07) is 8.34. The van der Waals surface area contributed by atoms with Gasteiger partial charge >= 0.3 is 5.69 Å². The average molecular weight is 453 g/mol. The van der Waals surface area contributed by atoms with Gasteiger partial charge in [-0.05, 0) is 98.8 Å². The molecule has 2 aromatic rings. The third-order valence-electron chi connectivity index (χ3n) is 8.10. The Labute approximate surface area is 194 Å². The summed E-state index contributed by atoms with van der Waals surface area (Å²) in [4.78, 5) is 23.9. The molecule has 7 heteroatoms. The number of amides is 1. The van der Waals surface area contributed by atoms with Gasteiger partial charge in [0.05, 0.1) is 4.92 Å². The molecule has 0 spiro atoms. The summed E-state index contributed by atoms with van der Waals surface area (Å²) >= 11 is 0. The summed E-state index contributed by atoms with van der Waals surface area (Å²) in [5, 5.41) is 14.6. The Morgan fingerprint density at radius 3 is 2.45 bits per heavy atom. The second-order valence-corrected chi connectivity index (χ2v) is 10.5. The number of nitro groups is 1. The smallest absolute Gasteiger partial charge is 0.311 e. The zero-order valence-corrected chi connectivity index (χ0v) is 19.3. The van der Waals surface area contributed by atoms with E-state index in [1.807, 2.05) is 0 Å². The molecule has 4 aliphatic rings. The van der Waals surface area contributed by atoms with Crippen LogP contribution in [0.5, 0.6) is 5.75 Å². The van der Waals surface area contributed by atoms with Crippen LogP contribution in [0.15, 0.2) is 34.7 Å². The zero-order chi connectivity index (χ0) is 23.2. The van der Waals surface area contributed by atoms with Crippen LogP contribution in [0.4, 0.5) is 5.69 Å². The lowest BCUT2D eigenvalue weighted by Gasteiger charge is -2.59. The van der Waals surface area contributed by atoms with E-state index in [0.29, 0.717) is 5.76 Å². The molecule has 1 heterocycles. The van der Waals surface area contributed by atoms with E-state index in [0.717, 1.165) is 29.7 Å². The van der Waals surface area contributed by atoms with Crippen molar-refractivity contribution >= 4 is 11.6 Å². The lowest BCUT2D eigenvalue weighted by atomic mass is 9.47. The first-order valence-corrected chi connectivity index (χ1v) is 12.1. The molecule has 1 N–H and O–H groups in total. The van der Waals surface area contributed by atoms with E-state index in [1.165, 1.54) is 44.6 Å². The zero-order valence-electron chi connectivity index (χ0n) is 19.3. The highest BCUT2D eigenvalue weighted by molar-refractivity contribution is 5.91. The molecule has 1 aromatic heterocycles. The molecule has 4 fully saturated rings. The molecule has 0 aliphatic heterocycles. The normalized spacial score (nSPS) is 28.5. The SMILES string of the molecule is CCC(NC(=O)c1ccc(COc2ccc(C)cc2[N+](=O)[O-])o1)C12CC3CC(CC(C3)C1)C2. The van der Waals surface area contributed by atoms with Crippen LogP contribution >= 0.6 is 0 Å². The van der Waals surface area contributed by atoms with E-state index in [2.05, 4.69) is 12.2 Å². The van der Waals surface area contributed by atoms with Crippen molar-refractivity contribution in [3.63, 3.8) is 0 Å². The van der Waals surface area contributed by atoms with Gasteiger partial charge in [0.25, 0.3) is 5.91 Å². The Kier molecular flexibility index (Phi) is 5.67. The van der Waals surface area contributed by atoms with E-state index in [9.17, 15) is 14.9 Å². The standard InChI is InChI=1S/C26H32N2O5/c1-3-24(26-12-17-9-18(13-26)11-19(10-17)14-26)27-25(29)23-7-5-20(33-23)15-32-22-6-4-16(2)8-21(22)28(30)31/h4-8,17-19,24H,3,9-15H2,1-2H3,(H,27,29). The van der Waals surface area contributed by atoms with Gasteiger partial charge in [0.1, 0.15) is 12.4 Å². The van der Waals surface area contributed by atoms with Gasteiger partial charge in [0, 0.05) is 12.1 Å². The fourth-order valence-electron chi connectivity index (χ4n) is 7.14. The first-order valence-electron chi connectivity index (χ1n) is 12.1. The predicted octanol–water partition coefficient (Wildman–Crippen LogP) is 5.80. The minimum atomic E-state index is -0.460. The molecule has 6 rings (SSSR count). The average Bonchev–Trinajstić information content (AvgIpc) is 3.24. The van der Waals surface area contributed by atoms with Crippen LogP contribution in [0, 0.1) is 40.2 Å². The van der Waals surface area contributed by atoms with E-state index < -0.39 is 4.92 Å². The summed E-state index contributed by atoms with van der Waals surface area (Å²) in [6.45, 7) is 3.98. The topological polar surface area (TPSA) is 94.6 Å². The number of furan rings is 1. The van der Waals surface area contributed by atoms with Crippen molar-refractivity contribution in [2.45, 2.75) is 71.4 Å². The third-order valence-corrected chi connectivity index (χ3v) is 8.10. The van der Waals surface area contributed by atoms with E-state index in [4.69, 9.17) is 9.15 Å². The van der Waals surface area contributed by atoms with Crippen molar-refractivity contribution in [3.05, 3.63) is 57.5 Å². The van der Waals surface area contributed by atoms with Crippen molar-refractivity contribution in [3.8, 4) is 5.75 Å². The molecule has 33 heavy (non-hydrogen) atoms. The van der Waals surface area contributed by atoms with E-state index >= 15 is 0 Å². The summed E-state index contributed by atoms with van der Waals surface area (Å²) in [5.74, 6) is 3.21. The van der Waals surface area contributed by atoms with Crippen molar-refractivity contribution in [1.29, 1.82) is 0 Å². The number of hydrogen-bond donors (Lipinski definition) is 1. The molecule has 1 aromatic carbocycles. The third kappa shape index (κ3) is 4.25. The van der Waals surface area contributed by atoms with Crippen LogP contribution in [0.1, 0.15) is 73.7 Å². The Bertz CT molecular complexity index is 1020. The molecule has 7 nitrogen and oxygen atoms in total. The predicted molar refractivity (Wildman–Crippen MR) is 123 cm³/mol. The molecule has 4 aliphatic carbocycles. The van der Waals surface area contributed by atoms with E-state index in [1.54, 1.807) is 31.2 Å². The fourth-order valence-corrected chi connectivity index (χ4v) is 7.14. The molecule has 0 saturated heterocycles. The number of nitrogens with one attached hydrogen (secondary N) is 1. The molecule has 1 unspecified atom stereocenters. The van der Waals surface area contributed by atoms with E-state index in [-0.39, 0.29) is 41.2 Å². The van der Waals surface area contributed by atoms with Gasteiger partial charge in [-0.3, -0.25) is 14.9 Å². The van der Waals surface area contributed by atoms with Crippen molar-refractivity contribution < 1.29 is 18.9 Å². The maximum atomic E-state index is 13.0. The number of carbonyl (C=O) groups excluding carboxylic acids is 1. The Balaban J connectivity index is 1.24. The summed E-state index contributed by atoms with van der Waals surface area (Å²) in [5.41, 5.74) is 0.943. The Hall–Kier alpha value is -2.83. The largest absolute Gasteiger partial charge is 0.479 e. The quantitative estimate of drug-likeness (QED) is 0.403. The van der Waals surface area contributed by atoms with Crippen LogP contribution in [0.25, 0.3) is 0 Å². The number of rotatable bonds is 8. The number of aryl methyl sites for hydroxylation is 1. The maximum Gasteiger partial charge on any atom is 0.311 e. The number of ether oxygens (including phenoxy) is 1. The highest BCUT2D eigenvalue weighted by Crippen LogP contribution is 2.61. The number of benzene rings is 1. The lowest BCUT2D eigenvalue weighted by molar-refractivity contribution is -0.386. The van der Waals surface area contributed by atoms with Gasteiger partial charge in [-0.2, -0.15) is 0 Å². The molecule has 1 atom stereocenters. The summed E-state index contributed by atoms with van der Waals surface area (Å²) in [7, 11) is 0. The molecule has 4 bridgehead atoms. The first-order chi connectivity index (χ1) is 15.8. The van der Waals surface area contributed by atoms with Gasteiger partial charge in [-0.1, -0.05) is 13.0 Å². The highest BCUT2D eigenvalue weighted by Gasteiger charge is 2.54. The Morgan fingerprint density at radius 1 is 1.18 bits per heavy atom. The van der Waals surface area contributed by atoms with Crippen molar-refractivity contribution in [2.24, 2.45) is 23.2 Å². The Morgan fingerprint density at radius 2 is 1.85 bits per heavy atom.